The summed E-state index contributed by atoms with van der Waals surface area (Å²) in [5, 5.41) is 0. The molecule has 0 spiro atoms. The molecule has 16 nitrogen and oxygen atoms in total. The Kier molecular flexibility index (Phi) is 28.0. The second kappa shape index (κ2) is 34.2. The Morgan fingerprint density at radius 2 is 0.622 bits per heavy atom. The summed E-state index contributed by atoms with van der Waals surface area (Å²) < 4.78 is 74.0. The lowest BCUT2D eigenvalue weighted by molar-refractivity contribution is -0.148. The topological polar surface area (TPSA) is 179 Å². The van der Waals surface area contributed by atoms with Crippen molar-refractivity contribution in [2.75, 3.05) is 52.9 Å². The maximum atomic E-state index is 12.0. The van der Waals surface area contributed by atoms with Gasteiger partial charge in [0.15, 0.2) is 0 Å². The third-order valence-corrected chi connectivity index (χ3v) is 16.3. The van der Waals surface area contributed by atoms with Crippen molar-refractivity contribution in [2.24, 2.45) is 11.8 Å². The first-order valence-corrected chi connectivity index (χ1v) is 30.2. The van der Waals surface area contributed by atoms with Gasteiger partial charge in [0.05, 0.1) is 50.8 Å². The number of ether oxygens (including phenoxy) is 12. The van der Waals surface area contributed by atoms with Gasteiger partial charge in [-0.15, -0.1) is 0 Å². The lowest BCUT2D eigenvalue weighted by atomic mass is 9.41. The van der Waals surface area contributed by atoms with Crippen molar-refractivity contribution in [3.63, 3.8) is 0 Å². The van der Waals surface area contributed by atoms with Gasteiger partial charge in [-0.25, -0.2) is 19.2 Å². The highest BCUT2D eigenvalue weighted by atomic mass is 16.6. The van der Waals surface area contributed by atoms with Crippen molar-refractivity contribution < 1.29 is 76.0 Å². The maximum absolute atomic E-state index is 12.0. The molecule has 82 heavy (non-hydrogen) atoms. The monoisotopic (exact) mass is 1140 g/mol. The van der Waals surface area contributed by atoms with Gasteiger partial charge in [-0.05, 0) is 148 Å². The normalized spacial score (nSPS) is 21.7. The largest absolute Gasteiger partial charge is 0.491 e. The molecule has 0 aromatic heterocycles. The zero-order valence-electron chi connectivity index (χ0n) is 50.5. The number of rotatable bonds is 42. The number of carbonyl (C=O) groups is 4. The molecule has 2 aromatic rings. The molecule has 16 heteroatoms. The van der Waals surface area contributed by atoms with E-state index in [0.29, 0.717) is 86.2 Å². The van der Waals surface area contributed by atoms with E-state index in [1.807, 2.05) is 67.5 Å². The Labute approximate surface area is 488 Å². The average molecular weight is 1150 g/mol. The summed E-state index contributed by atoms with van der Waals surface area (Å²) in [6.07, 6.45) is 13.1. The minimum atomic E-state index is -0.485. The lowest BCUT2D eigenvalue weighted by Gasteiger charge is -2.62. The lowest BCUT2D eigenvalue weighted by Crippen LogP contribution is -2.56. The van der Waals surface area contributed by atoms with E-state index in [-0.39, 0.29) is 88.1 Å². The van der Waals surface area contributed by atoms with Gasteiger partial charge in [-0.3, -0.25) is 0 Å². The molecule has 2 aromatic carbocycles. The quantitative estimate of drug-likeness (QED) is 0.0348. The van der Waals surface area contributed by atoms with E-state index in [1.165, 1.54) is 0 Å². The Bertz CT molecular complexity index is 2060. The maximum Gasteiger partial charge on any atom is 0.330 e. The van der Waals surface area contributed by atoms with Crippen molar-refractivity contribution in [2.45, 2.75) is 205 Å². The Morgan fingerprint density at radius 1 is 0.390 bits per heavy atom. The molecule has 0 amide bonds. The molecule has 4 aliphatic carbocycles. The summed E-state index contributed by atoms with van der Waals surface area (Å²) in [6, 6.07) is 12.7. The summed E-state index contributed by atoms with van der Waals surface area (Å²) >= 11 is 0. The summed E-state index contributed by atoms with van der Waals surface area (Å²) in [5.41, 5.74) is 1.89. The van der Waals surface area contributed by atoms with Crippen LogP contribution in [0.5, 0.6) is 23.0 Å². The zero-order valence-corrected chi connectivity index (χ0v) is 50.5. The Hall–Kier alpha value is -5.68. The SMILES string of the molecule is C=CC(=O)OC(CC)COC(CC)COc1cc(OCC(CC)OCC(CC)OC(=O)C=C)cc(C23CC4CC(C2)CC(c2cc(OCC(CC)OCC(CC)OC(=O)C=C)cc(OCC(CC)OCC(CC)OC(=O)C=C)c2)(C4)C3)c1. The predicted octanol–water partition coefficient (Wildman–Crippen LogP) is 12.2. The van der Waals surface area contributed by atoms with Crippen LogP contribution < -0.4 is 18.9 Å². The molecule has 4 saturated carbocycles. The number of hydrogen-bond acceptors (Lipinski definition) is 16. The molecule has 0 N–H and O–H groups in total. The van der Waals surface area contributed by atoms with Crippen LogP contribution >= 0.6 is 0 Å². The summed E-state index contributed by atoms with van der Waals surface area (Å²) in [4.78, 5) is 48.1. The minimum absolute atomic E-state index is 0.217. The highest BCUT2D eigenvalue weighted by molar-refractivity contribution is 5.82. The van der Waals surface area contributed by atoms with Crippen LogP contribution in [-0.4, -0.2) is 126 Å². The summed E-state index contributed by atoms with van der Waals surface area (Å²) in [5.74, 6) is 1.65. The van der Waals surface area contributed by atoms with Gasteiger partial charge in [-0.1, -0.05) is 81.7 Å². The molecule has 8 unspecified atom stereocenters. The summed E-state index contributed by atoms with van der Waals surface area (Å²) in [6.45, 7) is 32.1. The van der Waals surface area contributed by atoms with E-state index >= 15 is 0 Å². The smallest absolute Gasteiger partial charge is 0.330 e. The summed E-state index contributed by atoms with van der Waals surface area (Å²) in [7, 11) is 0. The van der Waals surface area contributed by atoms with Crippen molar-refractivity contribution in [3.05, 3.63) is 98.1 Å². The van der Waals surface area contributed by atoms with Crippen molar-refractivity contribution >= 4 is 23.9 Å². The fourth-order valence-electron chi connectivity index (χ4n) is 11.7. The van der Waals surface area contributed by atoms with Crippen LogP contribution in [0.15, 0.2) is 87.0 Å². The average Bonchev–Trinajstić information content (AvgIpc) is 3.54. The highest BCUT2D eigenvalue weighted by Crippen LogP contribution is 2.67. The number of benzene rings is 2. The molecular formula is C66H96O16. The van der Waals surface area contributed by atoms with Crippen molar-refractivity contribution in [1.29, 1.82) is 0 Å². The molecule has 8 atom stereocenters. The molecule has 4 bridgehead atoms. The van der Waals surface area contributed by atoms with E-state index in [9.17, 15) is 19.2 Å². The highest BCUT2D eigenvalue weighted by Gasteiger charge is 2.59. The van der Waals surface area contributed by atoms with E-state index < -0.39 is 48.3 Å². The van der Waals surface area contributed by atoms with Gasteiger partial charge < -0.3 is 56.8 Å². The second-order valence-electron chi connectivity index (χ2n) is 22.3. The predicted molar refractivity (Wildman–Crippen MR) is 314 cm³/mol. The van der Waals surface area contributed by atoms with E-state index in [1.54, 1.807) is 0 Å². The number of carbonyl (C=O) groups excluding carboxylic acids is 4. The molecular weight excluding hydrogens is 1050 g/mol. The first-order chi connectivity index (χ1) is 39.5. The van der Waals surface area contributed by atoms with E-state index in [0.717, 1.165) is 74.0 Å². The first-order valence-electron chi connectivity index (χ1n) is 30.2. The van der Waals surface area contributed by atoms with E-state index in [4.69, 9.17) is 56.8 Å². The third kappa shape index (κ3) is 20.3. The Morgan fingerprint density at radius 3 is 0.829 bits per heavy atom. The molecule has 0 saturated heterocycles. The molecule has 456 valence electrons. The molecule has 4 fully saturated rings. The zero-order chi connectivity index (χ0) is 59.7. The van der Waals surface area contributed by atoms with Crippen LogP contribution in [0.4, 0.5) is 0 Å². The van der Waals surface area contributed by atoms with Gasteiger partial charge in [0.1, 0.15) is 73.8 Å². The fraction of sp³-hybridized carbons (Fsp3) is 0.636. The van der Waals surface area contributed by atoms with Gasteiger partial charge in [0, 0.05) is 36.4 Å². The van der Waals surface area contributed by atoms with Crippen LogP contribution in [0.2, 0.25) is 0 Å². The van der Waals surface area contributed by atoms with Gasteiger partial charge in [0.2, 0.25) is 0 Å². The molecule has 0 radical (unpaired) electrons. The third-order valence-electron chi connectivity index (χ3n) is 16.3. The van der Waals surface area contributed by atoms with Crippen LogP contribution in [0, 0.1) is 11.8 Å². The second-order valence-corrected chi connectivity index (χ2v) is 22.3. The van der Waals surface area contributed by atoms with Crippen molar-refractivity contribution in [3.8, 4) is 23.0 Å². The molecule has 0 heterocycles. The van der Waals surface area contributed by atoms with E-state index in [2.05, 4.69) is 50.6 Å². The minimum Gasteiger partial charge on any atom is -0.491 e. The van der Waals surface area contributed by atoms with Crippen LogP contribution in [0.1, 0.15) is 156 Å². The van der Waals surface area contributed by atoms with Crippen LogP contribution in [-0.2, 0) is 67.9 Å². The van der Waals surface area contributed by atoms with Crippen LogP contribution in [0.25, 0.3) is 0 Å². The Balaban J connectivity index is 1.48. The number of esters is 4. The molecule has 4 aliphatic rings. The van der Waals surface area contributed by atoms with Crippen LogP contribution in [0.3, 0.4) is 0 Å². The standard InChI is InChI=1S/C66H96O16/c1-13-49(71-40-53(17-5)79-61(67)21-9)36-75-57-26-47(27-58(30-57)76-37-50(14-2)72-41-54(18-6)80-62(68)22-10)65-32-45-25-46(33-65)35-66(34-45,44-65)48-28-59(77-38-51(15-3)73-42-55(19-7)81-63(69)23-11)31-60(29-48)78-39-52(16-4)74-43-56(20-8)82-64(70)24-12/h21-24,26-31,45-46,49-56H,9-20,25,32-44H2,1-8H3. The van der Waals surface area contributed by atoms with Crippen molar-refractivity contribution in [1.82, 2.24) is 0 Å². The number of hydrogen-bond donors (Lipinski definition) is 0. The van der Waals surface area contributed by atoms with Gasteiger partial charge >= 0.3 is 23.9 Å². The first kappa shape index (κ1) is 67.1. The van der Waals surface area contributed by atoms with Gasteiger partial charge in [-0.2, -0.15) is 0 Å². The molecule has 0 aliphatic heterocycles. The molecule has 6 rings (SSSR count). The fourth-order valence-corrected chi connectivity index (χ4v) is 11.7. The van der Waals surface area contributed by atoms with Gasteiger partial charge in [0.25, 0.3) is 0 Å².